The van der Waals surface area contributed by atoms with E-state index in [1.54, 1.807) is 18.2 Å². The number of anilines is 2. The third kappa shape index (κ3) is 3.65. The minimum atomic E-state index is -0.277. The molecule has 0 aliphatic heterocycles. The van der Waals surface area contributed by atoms with Gasteiger partial charge in [-0.2, -0.15) is 0 Å². The molecule has 0 aromatic heterocycles. The number of hydrogen-bond donors (Lipinski definition) is 3. The summed E-state index contributed by atoms with van der Waals surface area (Å²) in [6.45, 7) is 0.471. The first kappa shape index (κ1) is 13.7. The van der Waals surface area contributed by atoms with Gasteiger partial charge in [-0.3, -0.25) is 0 Å². The highest BCUT2D eigenvalue weighted by molar-refractivity contribution is 5.89. The van der Waals surface area contributed by atoms with Gasteiger partial charge in [0.15, 0.2) is 0 Å². The summed E-state index contributed by atoms with van der Waals surface area (Å²) in [4.78, 5) is 11.8. The second-order valence-corrected chi connectivity index (χ2v) is 4.25. The Bertz CT molecular complexity index is 585. The standard InChI is InChI=1S/C15H17N3O2/c1-20-14-9-12(7-8-13(14)16)18-15(19)17-10-11-5-3-2-4-6-11/h2-9H,10,16H2,1H3,(H2,17,18,19). The van der Waals surface area contributed by atoms with Crippen molar-refractivity contribution in [2.45, 2.75) is 6.54 Å². The number of ether oxygens (including phenoxy) is 1. The Labute approximate surface area is 117 Å². The minimum absolute atomic E-state index is 0.277. The lowest BCUT2D eigenvalue weighted by Crippen LogP contribution is -2.28. The molecule has 0 spiro atoms. The van der Waals surface area contributed by atoms with E-state index < -0.39 is 0 Å². The van der Waals surface area contributed by atoms with Crippen molar-refractivity contribution in [1.82, 2.24) is 5.32 Å². The zero-order valence-corrected chi connectivity index (χ0v) is 11.2. The van der Waals surface area contributed by atoms with E-state index in [2.05, 4.69) is 10.6 Å². The first-order chi connectivity index (χ1) is 9.69. The molecule has 2 rings (SSSR count). The topological polar surface area (TPSA) is 76.4 Å². The van der Waals surface area contributed by atoms with Crippen LogP contribution in [-0.4, -0.2) is 13.1 Å². The van der Waals surface area contributed by atoms with Gasteiger partial charge in [-0.15, -0.1) is 0 Å². The normalized spacial score (nSPS) is 9.85. The van der Waals surface area contributed by atoms with E-state index in [4.69, 9.17) is 10.5 Å². The van der Waals surface area contributed by atoms with E-state index in [9.17, 15) is 4.79 Å². The summed E-state index contributed by atoms with van der Waals surface area (Å²) < 4.78 is 5.10. The molecule has 0 heterocycles. The molecule has 0 aliphatic rings. The van der Waals surface area contributed by atoms with Gasteiger partial charge < -0.3 is 21.1 Å². The number of rotatable bonds is 4. The van der Waals surface area contributed by atoms with Gasteiger partial charge in [0.1, 0.15) is 5.75 Å². The number of urea groups is 1. The van der Waals surface area contributed by atoms with Crippen LogP contribution in [0.5, 0.6) is 5.75 Å². The van der Waals surface area contributed by atoms with Crippen LogP contribution in [0, 0.1) is 0 Å². The Hall–Kier alpha value is -2.69. The molecule has 0 aliphatic carbocycles. The fourth-order valence-electron chi connectivity index (χ4n) is 1.74. The Morgan fingerprint density at radius 3 is 2.65 bits per heavy atom. The SMILES string of the molecule is COc1cc(NC(=O)NCc2ccccc2)ccc1N. The lowest BCUT2D eigenvalue weighted by Gasteiger charge is -2.10. The molecule has 2 aromatic rings. The fourth-order valence-corrected chi connectivity index (χ4v) is 1.74. The van der Waals surface area contributed by atoms with Gasteiger partial charge in [0.25, 0.3) is 0 Å². The van der Waals surface area contributed by atoms with Gasteiger partial charge in [-0.05, 0) is 17.7 Å². The molecule has 0 radical (unpaired) electrons. The molecule has 4 N–H and O–H groups in total. The van der Waals surface area contributed by atoms with Gasteiger partial charge in [0.05, 0.1) is 12.8 Å². The zero-order chi connectivity index (χ0) is 14.4. The third-order valence-electron chi connectivity index (χ3n) is 2.79. The quantitative estimate of drug-likeness (QED) is 0.748. The van der Waals surface area contributed by atoms with E-state index in [-0.39, 0.29) is 6.03 Å². The number of benzene rings is 2. The molecule has 5 heteroatoms. The van der Waals surface area contributed by atoms with Crippen LogP contribution in [0.3, 0.4) is 0 Å². The second-order valence-electron chi connectivity index (χ2n) is 4.25. The van der Waals surface area contributed by atoms with Crippen LogP contribution >= 0.6 is 0 Å². The Morgan fingerprint density at radius 2 is 1.95 bits per heavy atom. The van der Waals surface area contributed by atoms with Crippen molar-refractivity contribution in [1.29, 1.82) is 0 Å². The number of hydrogen-bond acceptors (Lipinski definition) is 3. The van der Waals surface area contributed by atoms with E-state index in [0.717, 1.165) is 5.56 Å². The number of amides is 2. The fraction of sp³-hybridized carbons (Fsp3) is 0.133. The summed E-state index contributed by atoms with van der Waals surface area (Å²) in [5.74, 6) is 0.533. The molecular formula is C15H17N3O2. The summed E-state index contributed by atoms with van der Waals surface area (Å²) in [6, 6.07) is 14.5. The van der Waals surface area contributed by atoms with Gasteiger partial charge in [-0.1, -0.05) is 30.3 Å². The molecule has 20 heavy (non-hydrogen) atoms. The number of nitrogens with two attached hydrogens (primary N) is 1. The third-order valence-corrected chi connectivity index (χ3v) is 2.79. The molecule has 2 aromatic carbocycles. The predicted molar refractivity (Wildman–Crippen MR) is 79.7 cm³/mol. The van der Waals surface area contributed by atoms with Crippen molar-refractivity contribution in [3.05, 3.63) is 54.1 Å². The molecule has 0 atom stereocenters. The van der Waals surface area contributed by atoms with Crippen LogP contribution in [0.25, 0.3) is 0 Å². The highest BCUT2D eigenvalue weighted by Crippen LogP contribution is 2.24. The Balaban J connectivity index is 1.91. The van der Waals surface area contributed by atoms with Crippen molar-refractivity contribution in [2.24, 2.45) is 0 Å². The molecule has 0 saturated heterocycles. The highest BCUT2D eigenvalue weighted by Gasteiger charge is 2.04. The predicted octanol–water partition coefficient (Wildman–Crippen LogP) is 2.60. The van der Waals surface area contributed by atoms with E-state index in [1.807, 2.05) is 30.3 Å². The first-order valence-electron chi connectivity index (χ1n) is 6.21. The summed E-state index contributed by atoms with van der Waals surface area (Å²) in [6.07, 6.45) is 0. The van der Waals surface area contributed by atoms with E-state index in [1.165, 1.54) is 7.11 Å². The number of nitrogen functional groups attached to an aromatic ring is 1. The van der Waals surface area contributed by atoms with Gasteiger partial charge in [0.2, 0.25) is 0 Å². The van der Waals surface area contributed by atoms with Crippen LogP contribution in [0.1, 0.15) is 5.56 Å². The number of methoxy groups -OCH3 is 1. The van der Waals surface area contributed by atoms with Crippen molar-refractivity contribution >= 4 is 17.4 Å². The molecule has 0 fully saturated rings. The molecule has 0 bridgehead atoms. The average molecular weight is 271 g/mol. The summed E-state index contributed by atoms with van der Waals surface area (Å²) >= 11 is 0. The Kier molecular flexibility index (Phi) is 4.44. The van der Waals surface area contributed by atoms with Crippen molar-refractivity contribution in [2.75, 3.05) is 18.2 Å². The van der Waals surface area contributed by atoms with E-state index in [0.29, 0.717) is 23.7 Å². The van der Waals surface area contributed by atoms with Gasteiger partial charge in [-0.25, -0.2) is 4.79 Å². The number of carbonyl (C=O) groups excluding carboxylic acids is 1. The molecular weight excluding hydrogens is 254 g/mol. The monoisotopic (exact) mass is 271 g/mol. The average Bonchev–Trinajstić information content (AvgIpc) is 2.48. The van der Waals surface area contributed by atoms with Crippen LogP contribution in [0.15, 0.2) is 48.5 Å². The van der Waals surface area contributed by atoms with Crippen molar-refractivity contribution < 1.29 is 9.53 Å². The summed E-state index contributed by atoms with van der Waals surface area (Å²) in [5, 5.41) is 5.51. The Morgan fingerprint density at radius 1 is 1.20 bits per heavy atom. The summed E-state index contributed by atoms with van der Waals surface area (Å²) in [7, 11) is 1.53. The minimum Gasteiger partial charge on any atom is -0.495 e. The largest absolute Gasteiger partial charge is 0.495 e. The maximum absolute atomic E-state index is 11.8. The van der Waals surface area contributed by atoms with Gasteiger partial charge >= 0.3 is 6.03 Å². The molecule has 0 unspecified atom stereocenters. The van der Waals surface area contributed by atoms with Crippen molar-refractivity contribution in [3.8, 4) is 5.75 Å². The number of nitrogens with one attached hydrogen (secondary N) is 2. The van der Waals surface area contributed by atoms with E-state index >= 15 is 0 Å². The maximum atomic E-state index is 11.8. The zero-order valence-electron chi connectivity index (χ0n) is 11.2. The highest BCUT2D eigenvalue weighted by atomic mass is 16.5. The molecule has 2 amide bonds. The van der Waals surface area contributed by atoms with Crippen LogP contribution in [-0.2, 0) is 6.54 Å². The molecule has 104 valence electrons. The second kappa shape index (κ2) is 6.47. The van der Waals surface area contributed by atoms with Gasteiger partial charge in [0, 0.05) is 18.3 Å². The number of carbonyl (C=O) groups is 1. The lowest BCUT2D eigenvalue weighted by atomic mass is 10.2. The first-order valence-corrected chi connectivity index (χ1v) is 6.21. The van der Waals surface area contributed by atoms with Crippen LogP contribution in [0.2, 0.25) is 0 Å². The summed E-state index contributed by atoms with van der Waals surface area (Å²) in [5.41, 5.74) is 7.91. The van der Waals surface area contributed by atoms with Crippen LogP contribution < -0.4 is 21.1 Å². The molecule has 5 nitrogen and oxygen atoms in total. The molecule has 0 saturated carbocycles. The van der Waals surface area contributed by atoms with Crippen LogP contribution in [0.4, 0.5) is 16.2 Å². The van der Waals surface area contributed by atoms with Crippen molar-refractivity contribution in [3.63, 3.8) is 0 Å². The smallest absolute Gasteiger partial charge is 0.319 e. The maximum Gasteiger partial charge on any atom is 0.319 e. The lowest BCUT2D eigenvalue weighted by molar-refractivity contribution is 0.251.